The summed E-state index contributed by atoms with van der Waals surface area (Å²) in [6.45, 7) is 5.41. The molecule has 4 nitrogen and oxygen atoms in total. The maximum Gasteiger partial charge on any atom is 0.306 e. The number of carbonyl (C=O) groups excluding carboxylic acids is 2. The Morgan fingerprint density at radius 3 is 1.54 bits per heavy atom. The first kappa shape index (κ1) is 25.9. The lowest BCUT2D eigenvalue weighted by atomic mass is 10.1. The summed E-state index contributed by atoms with van der Waals surface area (Å²) in [6.07, 6.45) is 10.2. The number of thiol groups is 2. The van der Waals surface area contributed by atoms with Gasteiger partial charge in [-0.05, 0) is 12.8 Å². The molecule has 0 saturated heterocycles. The van der Waals surface area contributed by atoms with Crippen LogP contribution in [-0.2, 0) is 19.1 Å². The Hall–Kier alpha value is -0.360. The minimum Gasteiger partial charge on any atom is -0.466 e. The molecule has 0 heterocycles. The molecule has 0 radical (unpaired) electrons. The molecule has 0 saturated carbocycles. The Balaban J connectivity index is 0. The largest absolute Gasteiger partial charge is 0.466 e. The average molecular weight is 381 g/mol. The van der Waals surface area contributed by atoms with Crippen LogP contribution in [0, 0.1) is 0 Å². The summed E-state index contributed by atoms with van der Waals surface area (Å²) >= 11 is 7.87. The Kier molecular flexibility index (Phi) is 24.4. The van der Waals surface area contributed by atoms with E-state index in [-0.39, 0.29) is 11.9 Å². The van der Waals surface area contributed by atoms with Gasteiger partial charge in [0.25, 0.3) is 0 Å². The smallest absolute Gasteiger partial charge is 0.306 e. The zero-order chi connectivity index (χ0) is 18.5. The number of hydrogen-bond donors (Lipinski definition) is 2. The van der Waals surface area contributed by atoms with Crippen molar-refractivity contribution in [1.29, 1.82) is 0 Å². The summed E-state index contributed by atoms with van der Waals surface area (Å²) in [7, 11) is 0. The van der Waals surface area contributed by atoms with Crippen LogP contribution >= 0.6 is 25.3 Å². The number of ether oxygens (including phenoxy) is 2. The summed E-state index contributed by atoms with van der Waals surface area (Å²) in [5.41, 5.74) is 0. The van der Waals surface area contributed by atoms with Crippen molar-refractivity contribution in [2.75, 3.05) is 24.7 Å². The zero-order valence-corrected chi connectivity index (χ0v) is 17.2. The fourth-order valence-electron chi connectivity index (χ4n) is 1.73. The molecule has 0 aliphatic carbocycles. The van der Waals surface area contributed by atoms with Crippen LogP contribution in [0.4, 0.5) is 0 Å². The van der Waals surface area contributed by atoms with E-state index in [2.05, 4.69) is 39.1 Å². The molecule has 0 aromatic heterocycles. The van der Waals surface area contributed by atoms with Gasteiger partial charge in [0.05, 0.1) is 26.1 Å². The van der Waals surface area contributed by atoms with E-state index in [0.29, 0.717) is 37.6 Å². The topological polar surface area (TPSA) is 52.6 Å². The van der Waals surface area contributed by atoms with Crippen LogP contribution in [0.2, 0.25) is 0 Å². The van der Waals surface area contributed by atoms with Gasteiger partial charge in [0.15, 0.2) is 0 Å². The summed E-state index contributed by atoms with van der Waals surface area (Å²) < 4.78 is 9.84. The first-order valence-electron chi connectivity index (χ1n) is 9.15. The van der Waals surface area contributed by atoms with Gasteiger partial charge in [0.2, 0.25) is 0 Å². The maximum absolute atomic E-state index is 10.9. The summed E-state index contributed by atoms with van der Waals surface area (Å²) in [5.74, 6) is 0.900. The van der Waals surface area contributed by atoms with Crippen LogP contribution < -0.4 is 0 Å². The van der Waals surface area contributed by atoms with E-state index in [1.807, 2.05) is 0 Å². The third-order valence-electron chi connectivity index (χ3n) is 3.15. The van der Waals surface area contributed by atoms with E-state index < -0.39 is 0 Å². The van der Waals surface area contributed by atoms with Gasteiger partial charge >= 0.3 is 11.9 Å². The summed E-state index contributed by atoms with van der Waals surface area (Å²) in [5, 5.41) is 0. The first-order chi connectivity index (χ1) is 11.6. The molecule has 0 amide bonds. The van der Waals surface area contributed by atoms with Crippen molar-refractivity contribution in [3.8, 4) is 0 Å². The highest BCUT2D eigenvalue weighted by Gasteiger charge is 1.99. The predicted octanol–water partition coefficient (Wildman–Crippen LogP) is 4.86. The van der Waals surface area contributed by atoms with Crippen molar-refractivity contribution >= 4 is 37.2 Å². The van der Waals surface area contributed by atoms with Gasteiger partial charge in [-0.15, -0.1) is 0 Å². The Bertz CT molecular complexity index is 286. The molecule has 144 valence electrons. The molecule has 0 aromatic carbocycles. The molecule has 0 aliphatic heterocycles. The van der Waals surface area contributed by atoms with Gasteiger partial charge in [0, 0.05) is 11.5 Å². The van der Waals surface area contributed by atoms with E-state index >= 15 is 0 Å². The molecule has 0 N–H and O–H groups in total. The van der Waals surface area contributed by atoms with Crippen LogP contribution in [0.25, 0.3) is 0 Å². The molecule has 0 rings (SSSR count). The third-order valence-corrected chi connectivity index (χ3v) is 3.60. The van der Waals surface area contributed by atoms with Crippen molar-refractivity contribution in [3.05, 3.63) is 0 Å². The molecule has 0 aliphatic rings. The highest BCUT2D eigenvalue weighted by atomic mass is 32.1. The molecule has 0 spiro atoms. The van der Waals surface area contributed by atoms with Gasteiger partial charge in [-0.25, -0.2) is 0 Å². The maximum atomic E-state index is 10.9. The highest BCUT2D eigenvalue weighted by molar-refractivity contribution is 7.80. The number of carbonyl (C=O) groups is 2. The van der Waals surface area contributed by atoms with Crippen LogP contribution in [0.1, 0.15) is 78.1 Å². The molecule has 0 unspecified atom stereocenters. The van der Waals surface area contributed by atoms with Gasteiger partial charge in [-0.1, -0.05) is 52.4 Å². The van der Waals surface area contributed by atoms with Crippen molar-refractivity contribution < 1.29 is 19.1 Å². The lowest BCUT2D eigenvalue weighted by Gasteiger charge is -2.03. The summed E-state index contributed by atoms with van der Waals surface area (Å²) in [4.78, 5) is 21.6. The number of unbranched alkanes of at least 4 members (excludes halogenated alkanes) is 6. The molecule has 24 heavy (non-hydrogen) atoms. The van der Waals surface area contributed by atoms with E-state index in [0.717, 1.165) is 19.3 Å². The number of esters is 2. The van der Waals surface area contributed by atoms with Crippen LogP contribution in [0.15, 0.2) is 0 Å². The SMILES string of the molecule is CCCCCCCCOC(=O)CCS.CCCCOC(=O)CCS. The van der Waals surface area contributed by atoms with E-state index in [1.165, 1.54) is 32.1 Å². The van der Waals surface area contributed by atoms with Gasteiger partial charge in [-0.3, -0.25) is 9.59 Å². The predicted molar refractivity (Wildman–Crippen MR) is 107 cm³/mol. The molecule has 0 atom stereocenters. The van der Waals surface area contributed by atoms with Crippen molar-refractivity contribution in [2.24, 2.45) is 0 Å². The Labute approximate surface area is 159 Å². The van der Waals surface area contributed by atoms with Gasteiger partial charge in [-0.2, -0.15) is 25.3 Å². The quantitative estimate of drug-likeness (QED) is 0.257. The van der Waals surface area contributed by atoms with Gasteiger partial charge < -0.3 is 9.47 Å². The van der Waals surface area contributed by atoms with E-state index in [4.69, 9.17) is 9.47 Å². The lowest BCUT2D eigenvalue weighted by Crippen LogP contribution is -2.06. The van der Waals surface area contributed by atoms with Gasteiger partial charge in [0.1, 0.15) is 0 Å². The molecule has 0 bridgehead atoms. The molecule has 6 heteroatoms. The van der Waals surface area contributed by atoms with Crippen molar-refractivity contribution in [3.63, 3.8) is 0 Å². The van der Waals surface area contributed by atoms with E-state index in [1.54, 1.807) is 0 Å². The minimum absolute atomic E-state index is 0.117. The second kappa shape index (κ2) is 22.6. The fraction of sp³-hybridized carbons (Fsp3) is 0.889. The van der Waals surface area contributed by atoms with Crippen LogP contribution in [0.3, 0.4) is 0 Å². The second-order valence-electron chi connectivity index (χ2n) is 5.51. The number of rotatable bonds is 14. The Morgan fingerprint density at radius 1 is 0.667 bits per heavy atom. The number of hydrogen-bond acceptors (Lipinski definition) is 6. The summed E-state index contributed by atoms with van der Waals surface area (Å²) in [6, 6.07) is 0. The van der Waals surface area contributed by atoms with E-state index in [9.17, 15) is 9.59 Å². The third kappa shape index (κ3) is 23.9. The normalized spacial score (nSPS) is 9.83. The average Bonchev–Trinajstić information content (AvgIpc) is 2.55. The van der Waals surface area contributed by atoms with Crippen molar-refractivity contribution in [1.82, 2.24) is 0 Å². The highest BCUT2D eigenvalue weighted by Crippen LogP contribution is 2.05. The molecular formula is C18H36O4S2. The minimum atomic E-state index is -0.136. The molecular weight excluding hydrogens is 344 g/mol. The van der Waals surface area contributed by atoms with Crippen molar-refractivity contribution in [2.45, 2.75) is 78.1 Å². The Morgan fingerprint density at radius 2 is 1.08 bits per heavy atom. The molecule has 0 fully saturated rings. The second-order valence-corrected chi connectivity index (χ2v) is 6.40. The van der Waals surface area contributed by atoms with Crippen LogP contribution in [0.5, 0.6) is 0 Å². The monoisotopic (exact) mass is 380 g/mol. The fourth-order valence-corrected chi connectivity index (χ4v) is 2.09. The lowest BCUT2D eigenvalue weighted by molar-refractivity contribution is -0.144. The first-order valence-corrected chi connectivity index (χ1v) is 10.4. The molecule has 0 aromatic rings. The van der Waals surface area contributed by atoms with Crippen LogP contribution in [-0.4, -0.2) is 36.7 Å². The standard InChI is InChI=1S/C11H22O2S.C7H14O2S/c1-2-3-4-5-6-7-9-13-11(12)8-10-14;1-2-3-5-9-7(8)4-6-10/h14H,2-10H2,1H3;10H,2-6H2,1H3. The zero-order valence-electron chi connectivity index (χ0n) is 15.4.